The van der Waals surface area contributed by atoms with Crippen LogP contribution < -0.4 is 20.7 Å². The number of nitrogens with zero attached hydrogens (tertiary/aromatic N) is 2. The molecule has 1 aliphatic heterocycles. The van der Waals surface area contributed by atoms with E-state index < -0.39 is 11.9 Å². The van der Waals surface area contributed by atoms with Gasteiger partial charge in [-0.1, -0.05) is 24.3 Å². The summed E-state index contributed by atoms with van der Waals surface area (Å²) < 4.78 is 20.6. The maximum absolute atomic E-state index is 13.8. The van der Waals surface area contributed by atoms with Crippen LogP contribution in [-0.4, -0.2) is 28.7 Å². The number of aryl methyl sites for hydroxylation is 1. The number of rotatable bonds is 6. The second-order valence-corrected chi connectivity index (χ2v) is 8.98. The monoisotopic (exact) mass is 511 g/mol. The van der Waals surface area contributed by atoms with Crippen molar-refractivity contribution >= 4 is 29.0 Å². The van der Waals surface area contributed by atoms with E-state index in [0.29, 0.717) is 45.3 Å². The molecule has 1 unspecified atom stereocenters. The molecule has 3 N–H and O–H groups in total. The van der Waals surface area contributed by atoms with Gasteiger partial charge in [-0.05, 0) is 73.5 Å². The molecule has 5 rings (SSSR count). The summed E-state index contributed by atoms with van der Waals surface area (Å²) in [5, 5.41) is 13.5. The van der Waals surface area contributed by atoms with Crippen molar-refractivity contribution in [1.29, 1.82) is 0 Å². The van der Waals surface area contributed by atoms with Crippen LogP contribution in [0.1, 0.15) is 34.5 Å². The van der Waals surface area contributed by atoms with E-state index in [9.17, 15) is 14.0 Å². The normalized spacial score (nSPS) is 14.4. The van der Waals surface area contributed by atoms with Crippen molar-refractivity contribution in [2.45, 2.75) is 19.9 Å². The number of aromatic nitrogens is 2. The first-order valence-corrected chi connectivity index (χ1v) is 12.0. The quantitative estimate of drug-likeness (QED) is 0.317. The Balaban J connectivity index is 1.52. The van der Waals surface area contributed by atoms with Crippen molar-refractivity contribution in [2.75, 3.05) is 23.1 Å². The topological polar surface area (TPSA) is 97.3 Å². The van der Waals surface area contributed by atoms with Gasteiger partial charge < -0.3 is 20.7 Å². The van der Waals surface area contributed by atoms with Crippen LogP contribution in [0.5, 0.6) is 5.75 Å². The van der Waals surface area contributed by atoms with Gasteiger partial charge in [-0.15, -0.1) is 0 Å². The summed E-state index contributed by atoms with van der Waals surface area (Å²) in [5.41, 5.74) is 4.14. The Morgan fingerprint density at radius 1 is 0.947 bits per heavy atom. The molecule has 192 valence electrons. The number of hydrogen-bond acceptors (Lipinski definition) is 5. The van der Waals surface area contributed by atoms with Crippen LogP contribution >= 0.6 is 0 Å². The molecule has 1 aromatic heterocycles. The average Bonchev–Trinajstić information content (AvgIpc) is 3.32. The third-order valence-corrected chi connectivity index (χ3v) is 6.32. The molecular formula is C29H26FN5O3. The number of halogens is 1. The Morgan fingerprint density at radius 2 is 1.66 bits per heavy atom. The van der Waals surface area contributed by atoms with Crippen LogP contribution in [0.2, 0.25) is 0 Å². The summed E-state index contributed by atoms with van der Waals surface area (Å²) in [7, 11) is 1.57. The molecule has 0 saturated heterocycles. The third kappa shape index (κ3) is 4.86. The number of nitrogens with one attached hydrogen (secondary N) is 3. The van der Waals surface area contributed by atoms with E-state index in [4.69, 9.17) is 4.74 Å². The van der Waals surface area contributed by atoms with Gasteiger partial charge in [-0.3, -0.25) is 9.59 Å². The first-order chi connectivity index (χ1) is 18.3. The molecule has 9 heteroatoms. The van der Waals surface area contributed by atoms with E-state index in [-0.39, 0.29) is 11.8 Å². The molecule has 2 heterocycles. The van der Waals surface area contributed by atoms with Crippen LogP contribution in [0.3, 0.4) is 0 Å². The van der Waals surface area contributed by atoms with Crippen molar-refractivity contribution < 1.29 is 18.7 Å². The largest absolute Gasteiger partial charge is 0.497 e. The molecule has 4 aromatic rings. The highest BCUT2D eigenvalue weighted by molar-refractivity contribution is 6.09. The van der Waals surface area contributed by atoms with E-state index in [1.807, 2.05) is 31.2 Å². The van der Waals surface area contributed by atoms with Crippen LogP contribution in [0.15, 0.2) is 90.3 Å². The molecule has 8 nitrogen and oxygen atoms in total. The van der Waals surface area contributed by atoms with Crippen LogP contribution in [0.25, 0.3) is 0 Å². The third-order valence-electron chi connectivity index (χ3n) is 6.32. The van der Waals surface area contributed by atoms with Crippen molar-refractivity contribution in [3.63, 3.8) is 0 Å². The van der Waals surface area contributed by atoms with E-state index in [1.54, 1.807) is 55.1 Å². The second kappa shape index (κ2) is 10.2. The number of carbonyl (C=O) groups is 2. The molecule has 1 aliphatic rings. The van der Waals surface area contributed by atoms with Gasteiger partial charge in [0.05, 0.1) is 18.9 Å². The van der Waals surface area contributed by atoms with Crippen molar-refractivity contribution in [2.24, 2.45) is 0 Å². The molecule has 0 saturated carbocycles. The molecule has 0 spiro atoms. The number of fused-ring (bicyclic) bond motifs is 1. The number of carbonyl (C=O) groups excluding carboxylic acids is 2. The molecular weight excluding hydrogens is 485 g/mol. The van der Waals surface area contributed by atoms with Crippen molar-refractivity contribution in [1.82, 2.24) is 9.78 Å². The summed E-state index contributed by atoms with van der Waals surface area (Å²) in [6, 6.07) is 19.6. The van der Waals surface area contributed by atoms with Crippen molar-refractivity contribution in [3.8, 4) is 5.75 Å². The zero-order valence-corrected chi connectivity index (χ0v) is 21.1. The SMILES string of the molecule is COc1ccc(NC(=O)C2=C(C)Nc3c(C(=O)Nc4cccc(C)c4)cnn3C2c2ccc(F)cc2)cc1. The summed E-state index contributed by atoms with van der Waals surface area (Å²) in [4.78, 5) is 26.8. The number of methoxy groups -OCH3 is 1. The maximum Gasteiger partial charge on any atom is 0.261 e. The van der Waals surface area contributed by atoms with Crippen LogP contribution in [0.4, 0.5) is 21.6 Å². The highest BCUT2D eigenvalue weighted by Crippen LogP contribution is 2.38. The van der Waals surface area contributed by atoms with Gasteiger partial charge in [0.25, 0.3) is 11.8 Å². The molecule has 38 heavy (non-hydrogen) atoms. The van der Waals surface area contributed by atoms with Gasteiger partial charge in [0, 0.05) is 17.1 Å². The molecule has 0 radical (unpaired) electrons. The van der Waals surface area contributed by atoms with Crippen molar-refractivity contribution in [3.05, 3.63) is 113 Å². The summed E-state index contributed by atoms with van der Waals surface area (Å²) in [6.45, 7) is 3.71. The molecule has 0 bridgehead atoms. The number of ether oxygens (including phenoxy) is 1. The molecule has 0 aliphatic carbocycles. The fraction of sp³-hybridized carbons (Fsp3) is 0.138. The predicted octanol–water partition coefficient (Wildman–Crippen LogP) is 5.52. The van der Waals surface area contributed by atoms with Crippen LogP contribution in [0, 0.1) is 12.7 Å². The molecule has 2 amide bonds. The van der Waals surface area contributed by atoms with Gasteiger partial charge in [0.2, 0.25) is 0 Å². The number of amides is 2. The minimum absolute atomic E-state index is 0.313. The lowest BCUT2D eigenvalue weighted by molar-refractivity contribution is -0.113. The zero-order valence-electron chi connectivity index (χ0n) is 21.1. The van der Waals surface area contributed by atoms with E-state index in [0.717, 1.165) is 5.56 Å². The lowest BCUT2D eigenvalue weighted by atomic mass is 9.94. The standard InChI is InChI=1S/C29H26FN5O3/c1-17-5-4-6-22(15-17)34-28(36)24-16-31-35-26(19-7-9-20(30)10-8-19)25(18(2)32-27(24)35)29(37)33-21-11-13-23(38-3)14-12-21/h4-16,26,32H,1-3H3,(H,33,37)(H,34,36). The smallest absolute Gasteiger partial charge is 0.261 e. The van der Waals surface area contributed by atoms with Gasteiger partial charge in [0.15, 0.2) is 0 Å². The summed E-state index contributed by atoms with van der Waals surface area (Å²) in [5.74, 6) is -0.00313. The minimum atomic E-state index is -0.703. The van der Waals surface area contributed by atoms with Gasteiger partial charge in [-0.25, -0.2) is 9.07 Å². The Labute approximate surface area is 219 Å². The second-order valence-electron chi connectivity index (χ2n) is 8.98. The first-order valence-electron chi connectivity index (χ1n) is 12.0. The Hall–Kier alpha value is -4.92. The summed E-state index contributed by atoms with van der Waals surface area (Å²) in [6.07, 6.45) is 1.46. The highest BCUT2D eigenvalue weighted by atomic mass is 19.1. The fourth-order valence-corrected chi connectivity index (χ4v) is 4.46. The first kappa shape index (κ1) is 24.8. The van der Waals surface area contributed by atoms with E-state index in [1.165, 1.54) is 18.3 Å². The fourth-order valence-electron chi connectivity index (χ4n) is 4.46. The Bertz CT molecular complexity index is 1540. The van der Waals surface area contributed by atoms with Gasteiger partial charge >= 0.3 is 0 Å². The Morgan fingerprint density at radius 3 is 2.34 bits per heavy atom. The summed E-state index contributed by atoms with van der Waals surface area (Å²) >= 11 is 0. The number of allylic oxidation sites excluding steroid dienone is 1. The lowest BCUT2D eigenvalue weighted by Gasteiger charge is -2.30. The molecule has 1 atom stereocenters. The van der Waals surface area contributed by atoms with Crippen LogP contribution in [-0.2, 0) is 4.79 Å². The lowest BCUT2D eigenvalue weighted by Crippen LogP contribution is -2.32. The predicted molar refractivity (Wildman–Crippen MR) is 144 cm³/mol. The number of hydrogen-bond donors (Lipinski definition) is 3. The van der Waals surface area contributed by atoms with E-state index >= 15 is 0 Å². The minimum Gasteiger partial charge on any atom is -0.497 e. The zero-order chi connectivity index (χ0) is 26.8. The average molecular weight is 512 g/mol. The highest BCUT2D eigenvalue weighted by Gasteiger charge is 2.35. The number of benzene rings is 3. The molecule has 3 aromatic carbocycles. The maximum atomic E-state index is 13.8. The number of anilines is 3. The Kier molecular flexibility index (Phi) is 6.66. The van der Waals surface area contributed by atoms with E-state index in [2.05, 4.69) is 21.0 Å². The van der Waals surface area contributed by atoms with Gasteiger partial charge in [0.1, 0.15) is 29.0 Å². The van der Waals surface area contributed by atoms with Gasteiger partial charge in [-0.2, -0.15) is 5.10 Å². The molecule has 0 fully saturated rings.